The van der Waals surface area contributed by atoms with Crippen molar-refractivity contribution in [1.29, 1.82) is 0 Å². The van der Waals surface area contributed by atoms with Gasteiger partial charge >= 0.3 is 0 Å². The molecule has 96 valence electrons. The molecule has 1 aliphatic heterocycles. The van der Waals surface area contributed by atoms with Gasteiger partial charge in [-0.15, -0.1) is 0 Å². The Kier molecular flexibility index (Phi) is 3.15. The van der Waals surface area contributed by atoms with E-state index in [0.29, 0.717) is 24.8 Å². The fourth-order valence-corrected chi connectivity index (χ4v) is 2.62. The molecule has 4 heteroatoms. The summed E-state index contributed by atoms with van der Waals surface area (Å²) < 4.78 is 0. The summed E-state index contributed by atoms with van der Waals surface area (Å²) in [6.07, 6.45) is 2.54. The van der Waals surface area contributed by atoms with Crippen molar-refractivity contribution in [1.82, 2.24) is 10.2 Å². The van der Waals surface area contributed by atoms with E-state index >= 15 is 0 Å². The van der Waals surface area contributed by atoms with Gasteiger partial charge in [-0.25, -0.2) is 0 Å². The van der Waals surface area contributed by atoms with E-state index < -0.39 is 5.54 Å². The summed E-state index contributed by atoms with van der Waals surface area (Å²) >= 11 is 0. The van der Waals surface area contributed by atoms with Crippen LogP contribution in [0.4, 0.5) is 0 Å². The van der Waals surface area contributed by atoms with Gasteiger partial charge in [0, 0.05) is 19.5 Å². The summed E-state index contributed by atoms with van der Waals surface area (Å²) in [7, 11) is 0. The lowest BCUT2D eigenvalue weighted by Gasteiger charge is -2.33. The van der Waals surface area contributed by atoms with Gasteiger partial charge in [-0.1, -0.05) is 13.8 Å². The van der Waals surface area contributed by atoms with Gasteiger partial charge in [0.2, 0.25) is 11.8 Å². The van der Waals surface area contributed by atoms with Gasteiger partial charge in [-0.05, 0) is 31.6 Å². The van der Waals surface area contributed by atoms with Gasteiger partial charge in [0.05, 0.1) is 0 Å². The second-order valence-electron chi connectivity index (χ2n) is 5.92. The van der Waals surface area contributed by atoms with Gasteiger partial charge < -0.3 is 10.2 Å². The van der Waals surface area contributed by atoms with Crippen LogP contribution in [-0.4, -0.2) is 35.3 Å². The second-order valence-corrected chi connectivity index (χ2v) is 5.92. The van der Waals surface area contributed by atoms with Crippen molar-refractivity contribution in [3.8, 4) is 0 Å². The standard InChI is InChI=1S/C13H22N2O2/c1-9(2)8-15-7-6-11(16)14-13(3,12(15)17)10-4-5-10/h9-10H,4-8H2,1-3H3,(H,14,16). The third-order valence-electron chi connectivity index (χ3n) is 3.72. The van der Waals surface area contributed by atoms with Crippen molar-refractivity contribution < 1.29 is 9.59 Å². The van der Waals surface area contributed by atoms with Crippen LogP contribution in [0, 0.1) is 11.8 Å². The summed E-state index contributed by atoms with van der Waals surface area (Å²) in [5, 5.41) is 2.94. The molecule has 1 atom stereocenters. The molecule has 0 aromatic carbocycles. The van der Waals surface area contributed by atoms with Crippen molar-refractivity contribution in [2.75, 3.05) is 13.1 Å². The van der Waals surface area contributed by atoms with Crippen LogP contribution in [0.3, 0.4) is 0 Å². The van der Waals surface area contributed by atoms with Crippen LogP contribution in [0.1, 0.15) is 40.0 Å². The molecule has 2 aliphatic rings. The Bertz CT molecular complexity index is 336. The van der Waals surface area contributed by atoms with E-state index in [9.17, 15) is 9.59 Å². The number of nitrogens with one attached hydrogen (secondary N) is 1. The molecule has 1 N–H and O–H groups in total. The molecule has 4 nitrogen and oxygen atoms in total. The molecular formula is C13H22N2O2. The minimum atomic E-state index is -0.650. The highest BCUT2D eigenvalue weighted by Crippen LogP contribution is 2.41. The molecule has 1 aliphatic carbocycles. The number of carbonyl (C=O) groups excluding carboxylic acids is 2. The summed E-state index contributed by atoms with van der Waals surface area (Å²) in [6.45, 7) is 7.40. The van der Waals surface area contributed by atoms with E-state index in [1.807, 2.05) is 11.8 Å². The minimum absolute atomic E-state index is 0.0130. The predicted octanol–water partition coefficient (Wildman–Crippen LogP) is 1.16. The first-order chi connectivity index (χ1) is 7.93. The molecule has 2 amide bonds. The Morgan fingerprint density at radius 3 is 2.59 bits per heavy atom. The van der Waals surface area contributed by atoms with Crippen LogP contribution in [0.15, 0.2) is 0 Å². The maximum Gasteiger partial charge on any atom is 0.248 e. The number of carbonyl (C=O) groups is 2. The number of hydrogen-bond donors (Lipinski definition) is 1. The van der Waals surface area contributed by atoms with Gasteiger partial charge in [0.1, 0.15) is 5.54 Å². The molecule has 0 aromatic rings. The molecule has 0 aromatic heterocycles. The first kappa shape index (κ1) is 12.4. The Morgan fingerprint density at radius 1 is 1.41 bits per heavy atom. The molecule has 2 fully saturated rings. The minimum Gasteiger partial charge on any atom is -0.342 e. The van der Waals surface area contributed by atoms with E-state index in [1.54, 1.807) is 0 Å². The maximum atomic E-state index is 12.5. The lowest BCUT2D eigenvalue weighted by atomic mass is 9.94. The number of rotatable bonds is 3. The summed E-state index contributed by atoms with van der Waals surface area (Å²) in [5.41, 5.74) is -0.650. The first-order valence-corrected chi connectivity index (χ1v) is 6.54. The molecule has 1 unspecified atom stereocenters. The van der Waals surface area contributed by atoms with E-state index in [4.69, 9.17) is 0 Å². The average molecular weight is 238 g/mol. The molecule has 0 radical (unpaired) electrons. The highest BCUT2D eigenvalue weighted by molar-refractivity contribution is 5.93. The lowest BCUT2D eigenvalue weighted by Crippen LogP contribution is -2.57. The quantitative estimate of drug-likeness (QED) is 0.802. The molecule has 1 heterocycles. The molecule has 1 saturated heterocycles. The van der Waals surface area contributed by atoms with E-state index in [-0.39, 0.29) is 11.8 Å². The SMILES string of the molecule is CC(C)CN1CCC(=O)NC(C)(C2CC2)C1=O. The van der Waals surface area contributed by atoms with Crippen molar-refractivity contribution in [3.05, 3.63) is 0 Å². The third-order valence-corrected chi connectivity index (χ3v) is 3.72. The summed E-state index contributed by atoms with van der Waals surface area (Å²) in [6, 6.07) is 0. The van der Waals surface area contributed by atoms with Gasteiger partial charge in [-0.3, -0.25) is 9.59 Å². The first-order valence-electron chi connectivity index (χ1n) is 6.54. The number of hydrogen-bond acceptors (Lipinski definition) is 2. The van der Waals surface area contributed by atoms with E-state index in [1.165, 1.54) is 0 Å². The van der Waals surface area contributed by atoms with E-state index in [2.05, 4.69) is 19.2 Å². The highest BCUT2D eigenvalue weighted by atomic mass is 16.2. The smallest absolute Gasteiger partial charge is 0.248 e. The Balaban J connectivity index is 2.19. The van der Waals surface area contributed by atoms with Crippen molar-refractivity contribution >= 4 is 11.8 Å². The predicted molar refractivity (Wildman–Crippen MR) is 65.3 cm³/mol. The second kappa shape index (κ2) is 4.31. The van der Waals surface area contributed by atoms with Gasteiger partial charge in [0.25, 0.3) is 0 Å². The molecule has 0 bridgehead atoms. The highest BCUT2D eigenvalue weighted by Gasteiger charge is 2.50. The molecule has 1 saturated carbocycles. The van der Waals surface area contributed by atoms with Gasteiger partial charge in [-0.2, -0.15) is 0 Å². The van der Waals surface area contributed by atoms with Crippen LogP contribution < -0.4 is 5.32 Å². The number of amides is 2. The molecular weight excluding hydrogens is 216 g/mol. The monoisotopic (exact) mass is 238 g/mol. The summed E-state index contributed by atoms with van der Waals surface area (Å²) in [5.74, 6) is 0.904. The normalized spacial score (nSPS) is 30.5. The Labute approximate surface area is 103 Å². The van der Waals surface area contributed by atoms with Crippen molar-refractivity contribution in [3.63, 3.8) is 0 Å². The average Bonchev–Trinajstić information content (AvgIpc) is 3.05. The van der Waals surface area contributed by atoms with E-state index in [0.717, 1.165) is 19.4 Å². The fraction of sp³-hybridized carbons (Fsp3) is 0.846. The van der Waals surface area contributed by atoms with Crippen molar-refractivity contribution in [2.24, 2.45) is 11.8 Å². The van der Waals surface area contributed by atoms with Crippen LogP contribution >= 0.6 is 0 Å². The molecule has 17 heavy (non-hydrogen) atoms. The van der Waals surface area contributed by atoms with Gasteiger partial charge in [0.15, 0.2) is 0 Å². The van der Waals surface area contributed by atoms with Crippen LogP contribution in [0.5, 0.6) is 0 Å². The largest absolute Gasteiger partial charge is 0.342 e. The summed E-state index contributed by atoms with van der Waals surface area (Å²) in [4.78, 5) is 26.1. The van der Waals surface area contributed by atoms with Crippen LogP contribution in [-0.2, 0) is 9.59 Å². The molecule has 0 spiro atoms. The zero-order valence-electron chi connectivity index (χ0n) is 11.0. The topological polar surface area (TPSA) is 49.4 Å². The van der Waals surface area contributed by atoms with Crippen LogP contribution in [0.25, 0.3) is 0 Å². The lowest BCUT2D eigenvalue weighted by molar-refractivity contribution is -0.139. The molecule has 2 rings (SSSR count). The Morgan fingerprint density at radius 2 is 2.06 bits per heavy atom. The third kappa shape index (κ3) is 2.45. The fourth-order valence-electron chi connectivity index (χ4n) is 2.62. The van der Waals surface area contributed by atoms with Crippen molar-refractivity contribution in [2.45, 2.75) is 45.6 Å². The zero-order valence-corrected chi connectivity index (χ0v) is 11.0. The maximum absolute atomic E-state index is 12.5. The van der Waals surface area contributed by atoms with Crippen LogP contribution in [0.2, 0.25) is 0 Å². The Hall–Kier alpha value is -1.06. The zero-order chi connectivity index (χ0) is 12.6. The number of nitrogens with zero attached hydrogens (tertiary/aromatic N) is 1.